The van der Waals surface area contributed by atoms with Gasteiger partial charge in [-0.05, 0) is 25.1 Å². The molecule has 1 heterocycles. The molecule has 0 radical (unpaired) electrons. The molecule has 0 atom stereocenters. The van der Waals surface area contributed by atoms with E-state index in [0.717, 1.165) is 15.8 Å². The smallest absolute Gasteiger partial charge is 0.265 e. The number of H-pyrrole nitrogens is 1. The number of nitrogens with one attached hydrogen (secondary N) is 1. The summed E-state index contributed by atoms with van der Waals surface area (Å²) >= 11 is 1.34. The SMILES string of the molecule is CCOc1ccc2c(=O)[nH]sc2c1. The van der Waals surface area contributed by atoms with Crippen molar-refractivity contribution in [1.29, 1.82) is 0 Å². The van der Waals surface area contributed by atoms with E-state index < -0.39 is 0 Å². The summed E-state index contributed by atoms with van der Waals surface area (Å²) in [6, 6.07) is 5.48. The Kier molecular flexibility index (Phi) is 2.06. The Morgan fingerprint density at radius 3 is 3.15 bits per heavy atom. The zero-order valence-corrected chi connectivity index (χ0v) is 7.98. The molecule has 0 unspecified atom stereocenters. The maximum Gasteiger partial charge on any atom is 0.265 e. The Labute approximate surface area is 79.1 Å². The molecule has 0 aliphatic heterocycles. The number of ether oxygens (including phenoxy) is 1. The van der Waals surface area contributed by atoms with Crippen molar-refractivity contribution >= 4 is 21.6 Å². The third kappa shape index (κ3) is 1.45. The molecule has 13 heavy (non-hydrogen) atoms. The minimum Gasteiger partial charge on any atom is -0.494 e. The van der Waals surface area contributed by atoms with E-state index in [0.29, 0.717) is 6.61 Å². The standard InChI is InChI=1S/C9H9NO2S/c1-2-12-6-3-4-7-8(5-6)13-10-9(7)11/h3-5H,2H2,1H3,(H,10,11). The van der Waals surface area contributed by atoms with Crippen molar-refractivity contribution in [2.45, 2.75) is 6.92 Å². The molecule has 0 aliphatic rings. The van der Waals surface area contributed by atoms with Gasteiger partial charge in [0.05, 0.1) is 16.7 Å². The Hall–Kier alpha value is -1.29. The van der Waals surface area contributed by atoms with Crippen molar-refractivity contribution in [3.05, 3.63) is 28.6 Å². The van der Waals surface area contributed by atoms with Gasteiger partial charge in [-0.1, -0.05) is 11.5 Å². The van der Waals surface area contributed by atoms with E-state index >= 15 is 0 Å². The van der Waals surface area contributed by atoms with Crippen molar-refractivity contribution in [2.75, 3.05) is 6.61 Å². The second kappa shape index (κ2) is 3.22. The Balaban J connectivity index is 2.57. The minimum atomic E-state index is -0.0250. The van der Waals surface area contributed by atoms with Crippen molar-refractivity contribution in [3.8, 4) is 5.75 Å². The Morgan fingerprint density at radius 2 is 2.38 bits per heavy atom. The third-order valence-corrected chi connectivity index (χ3v) is 2.61. The van der Waals surface area contributed by atoms with Crippen molar-refractivity contribution < 1.29 is 4.74 Å². The fraction of sp³-hybridized carbons (Fsp3) is 0.222. The topological polar surface area (TPSA) is 42.1 Å². The number of aromatic nitrogens is 1. The normalized spacial score (nSPS) is 10.5. The predicted octanol–water partition coefficient (Wildman–Crippen LogP) is 1.99. The molecule has 0 spiro atoms. The van der Waals surface area contributed by atoms with Crippen LogP contribution in [0.4, 0.5) is 0 Å². The zero-order valence-electron chi connectivity index (χ0n) is 7.16. The second-order valence-electron chi connectivity index (χ2n) is 2.62. The van der Waals surface area contributed by atoms with Gasteiger partial charge >= 0.3 is 0 Å². The number of fused-ring (bicyclic) bond motifs is 1. The fourth-order valence-corrected chi connectivity index (χ4v) is 1.95. The van der Waals surface area contributed by atoms with E-state index in [-0.39, 0.29) is 5.56 Å². The molecule has 1 N–H and O–H groups in total. The van der Waals surface area contributed by atoms with E-state index in [4.69, 9.17) is 4.74 Å². The van der Waals surface area contributed by atoms with Gasteiger partial charge in [0.25, 0.3) is 5.56 Å². The molecule has 0 saturated heterocycles. The summed E-state index contributed by atoms with van der Waals surface area (Å²) in [4.78, 5) is 11.2. The lowest BCUT2D eigenvalue weighted by molar-refractivity contribution is 0.341. The molecule has 0 bridgehead atoms. The summed E-state index contributed by atoms with van der Waals surface area (Å²) in [7, 11) is 0. The van der Waals surface area contributed by atoms with Gasteiger partial charge in [0, 0.05) is 0 Å². The number of hydrogen-bond acceptors (Lipinski definition) is 3. The van der Waals surface area contributed by atoms with Crippen LogP contribution >= 0.6 is 11.5 Å². The molecule has 1 aromatic heterocycles. The predicted molar refractivity (Wildman–Crippen MR) is 53.6 cm³/mol. The number of benzene rings is 1. The molecule has 3 nitrogen and oxygen atoms in total. The van der Waals surface area contributed by atoms with Crippen molar-refractivity contribution in [3.63, 3.8) is 0 Å². The summed E-state index contributed by atoms with van der Waals surface area (Å²) < 4.78 is 8.93. The van der Waals surface area contributed by atoms with Gasteiger partial charge in [-0.2, -0.15) is 0 Å². The first kappa shape index (κ1) is 8.31. The van der Waals surface area contributed by atoms with Crippen molar-refractivity contribution in [2.24, 2.45) is 0 Å². The quantitative estimate of drug-likeness (QED) is 0.796. The Morgan fingerprint density at radius 1 is 1.54 bits per heavy atom. The molecule has 4 heteroatoms. The molecule has 1 aromatic carbocycles. The second-order valence-corrected chi connectivity index (χ2v) is 3.47. The molecule has 0 fully saturated rings. The van der Waals surface area contributed by atoms with Gasteiger partial charge in [0.1, 0.15) is 5.75 Å². The van der Waals surface area contributed by atoms with Crippen LogP contribution in [0.1, 0.15) is 6.92 Å². The molecular weight excluding hydrogens is 186 g/mol. The number of rotatable bonds is 2. The van der Waals surface area contributed by atoms with Crippen LogP contribution in [0, 0.1) is 0 Å². The first-order valence-corrected chi connectivity index (χ1v) is 4.87. The van der Waals surface area contributed by atoms with Gasteiger partial charge < -0.3 is 4.74 Å². The molecule has 2 rings (SSSR count). The van der Waals surface area contributed by atoms with E-state index in [1.807, 2.05) is 19.1 Å². The number of hydrogen-bond donors (Lipinski definition) is 1. The van der Waals surface area contributed by atoms with Gasteiger partial charge in [-0.15, -0.1) is 0 Å². The highest BCUT2D eigenvalue weighted by Crippen LogP contribution is 2.20. The van der Waals surface area contributed by atoms with Crippen LogP contribution in [0.2, 0.25) is 0 Å². The lowest BCUT2D eigenvalue weighted by Gasteiger charge is -2.00. The molecule has 2 aromatic rings. The Bertz CT molecular complexity index is 472. The van der Waals surface area contributed by atoms with Crippen LogP contribution in [0.5, 0.6) is 5.75 Å². The fourth-order valence-electron chi connectivity index (χ4n) is 1.19. The van der Waals surface area contributed by atoms with Crippen LogP contribution in [0.15, 0.2) is 23.0 Å². The minimum absolute atomic E-state index is 0.0250. The molecule has 0 amide bonds. The van der Waals surface area contributed by atoms with E-state index in [1.54, 1.807) is 6.07 Å². The van der Waals surface area contributed by atoms with Gasteiger partial charge in [0.15, 0.2) is 0 Å². The lowest BCUT2D eigenvalue weighted by Crippen LogP contribution is -1.96. The number of aromatic amines is 1. The first-order chi connectivity index (χ1) is 6.31. The average molecular weight is 195 g/mol. The van der Waals surface area contributed by atoms with E-state index in [9.17, 15) is 4.79 Å². The maximum atomic E-state index is 11.2. The van der Waals surface area contributed by atoms with Crippen LogP contribution in [0.3, 0.4) is 0 Å². The highest BCUT2D eigenvalue weighted by atomic mass is 32.1. The summed E-state index contributed by atoms with van der Waals surface area (Å²) in [6.45, 7) is 2.58. The van der Waals surface area contributed by atoms with Gasteiger partial charge in [-0.3, -0.25) is 9.17 Å². The summed E-state index contributed by atoms with van der Waals surface area (Å²) in [5.41, 5.74) is -0.0250. The summed E-state index contributed by atoms with van der Waals surface area (Å²) in [6.07, 6.45) is 0. The van der Waals surface area contributed by atoms with Crippen LogP contribution in [-0.4, -0.2) is 11.0 Å². The van der Waals surface area contributed by atoms with Crippen LogP contribution in [0.25, 0.3) is 10.1 Å². The molecular formula is C9H9NO2S. The van der Waals surface area contributed by atoms with Crippen LogP contribution in [-0.2, 0) is 0 Å². The summed E-state index contributed by atoms with van der Waals surface area (Å²) in [5, 5.41) is 0.730. The zero-order chi connectivity index (χ0) is 9.26. The highest BCUT2D eigenvalue weighted by molar-refractivity contribution is 7.13. The van der Waals surface area contributed by atoms with E-state index in [1.165, 1.54) is 11.5 Å². The molecule has 0 saturated carbocycles. The maximum absolute atomic E-state index is 11.2. The summed E-state index contributed by atoms with van der Waals surface area (Å²) in [5.74, 6) is 0.810. The average Bonchev–Trinajstić information content (AvgIpc) is 2.48. The van der Waals surface area contributed by atoms with Gasteiger partial charge in [0.2, 0.25) is 0 Å². The van der Waals surface area contributed by atoms with E-state index in [2.05, 4.69) is 4.37 Å². The largest absolute Gasteiger partial charge is 0.494 e. The monoisotopic (exact) mass is 195 g/mol. The van der Waals surface area contributed by atoms with Crippen LogP contribution < -0.4 is 10.3 Å². The first-order valence-electron chi connectivity index (χ1n) is 4.05. The third-order valence-electron chi connectivity index (χ3n) is 1.76. The molecule has 0 aliphatic carbocycles. The lowest BCUT2D eigenvalue weighted by atomic mass is 10.3. The van der Waals surface area contributed by atoms with Crippen molar-refractivity contribution in [1.82, 2.24) is 4.37 Å². The van der Waals surface area contributed by atoms with Gasteiger partial charge in [-0.25, -0.2) is 0 Å². The highest BCUT2D eigenvalue weighted by Gasteiger charge is 2.01. The molecule has 68 valence electrons.